The van der Waals surface area contributed by atoms with Crippen LogP contribution in [0.15, 0.2) is 0 Å². The van der Waals surface area contributed by atoms with Crippen LogP contribution < -0.4 is 5.32 Å². The van der Waals surface area contributed by atoms with Crippen molar-refractivity contribution in [2.45, 2.75) is 50.6 Å². The molecule has 0 radical (unpaired) electrons. The van der Waals surface area contributed by atoms with Gasteiger partial charge in [0, 0.05) is 25.3 Å². The fraction of sp³-hybridized carbons (Fsp3) is 0.929. The molecule has 4 heteroatoms. The van der Waals surface area contributed by atoms with E-state index in [9.17, 15) is 9.90 Å². The van der Waals surface area contributed by atoms with Gasteiger partial charge in [-0.25, -0.2) is 0 Å². The number of nitrogens with one attached hydrogen (secondary N) is 1. The molecule has 3 aliphatic rings. The van der Waals surface area contributed by atoms with Gasteiger partial charge < -0.3 is 15.2 Å². The van der Waals surface area contributed by atoms with Crippen molar-refractivity contribution in [1.29, 1.82) is 0 Å². The number of carboxylic acid groups (broad SMARTS) is 1. The number of ether oxygens (including phenoxy) is 1. The van der Waals surface area contributed by atoms with Gasteiger partial charge in [-0.15, -0.1) is 0 Å². The Morgan fingerprint density at radius 1 is 1.11 bits per heavy atom. The molecule has 0 amide bonds. The van der Waals surface area contributed by atoms with Crippen molar-refractivity contribution >= 4 is 5.97 Å². The summed E-state index contributed by atoms with van der Waals surface area (Å²) in [4.78, 5) is 11.4. The van der Waals surface area contributed by atoms with Crippen LogP contribution in [-0.4, -0.2) is 36.4 Å². The molecule has 5 unspecified atom stereocenters. The Morgan fingerprint density at radius 2 is 1.94 bits per heavy atom. The average Bonchev–Trinajstić information content (AvgIpc) is 2.83. The van der Waals surface area contributed by atoms with Crippen molar-refractivity contribution in [2.24, 2.45) is 17.8 Å². The number of aliphatic carboxylic acids is 1. The van der Waals surface area contributed by atoms with E-state index in [0.29, 0.717) is 17.9 Å². The van der Waals surface area contributed by atoms with E-state index in [1.165, 1.54) is 6.42 Å². The molecule has 1 aliphatic heterocycles. The predicted molar refractivity (Wildman–Crippen MR) is 67.3 cm³/mol. The summed E-state index contributed by atoms with van der Waals surface area (Å²) in [6.45, 7) is 1.67. The van der Waals surface area contributed by atoms with Crippen molar-refractivity contribution < 1.29 is 14.6 Å². The summed E-state index contributed by atoms with van der Waals surface area (Å²) in [5.41, 5.74) is 0. The number of rotatable bonds is 3. The molecule has 3 fully saturated rings. The molecule has 4 nitrogen and oxygen atoms in total. The van der Waals surface area contributed by atoms with Crippen molar-refractivity contribution in [3.05, 3.63) is 0 Å². The molecule has 2 saturated carbocycles. The standard InChI is InChI=1S/C14H23NO3/c16-14(17)12-9-3-4-10(8-9)13(12)15-11-2-1-6-18-7-5-11/h9-13,15H,1-8H2,(H,16,17). The highest BCUT2D eigenvalue weighted by atomic mass is 16.5. The van der Waals surface area contributed by atoms with Crippen molar-refractivity contribution in [1.82, 2.24) is 5.32 Å². The first-order valence-corrected chi connectivity index (χ1v) is 7.32. The van der Waals surface area contributed by atoms with Crippen LogP contribution in [0, 0.1) is 17.8 Å². The molecule has 0 spiro atoms. The SMILES string of the molecule is O=C(O)C1C2CCC(C2)C1NC1CCCOCC1. The molecule has 3 rings (SSSR count). The maximum absolute atomic E-state index is 11.4. The van der Waals surface area contributed by atoms with Gasteiger partial charge in [-0.3, -0.25) is 4.79 Å². The Bertz CT molecular complexity index is 312. The normalized spacial score (nSPS) is 43.9. The second-order valence-electron chi connectivity index (χ2n) is 6.13. The molecular formula is C14H23NO3. The average molecular weight is 253 g/mol. The van der Waals surface area contributed by atoms with Crippen LogP contribution >= 0.6 is 0 Å². The van der Waals surface area contributed by atoms with Gasteiger partial charge in [0.15, 0.2) is 0 Å². The highest BCUT2D eigenvalue weighted by Gasteiger charge is 2.51. The fourth-order valence-electron chi connectivity index (χ4n) is 4.23. The van der Waals surface area contributed by atoms with Gasteiger partial charge in [0.1, 0.15) is 0 Å². The molecule has 5 atom stereocenters. The Kier molecular flexibility index (Phi) is 3.57. The van der Waals surface area contributed by atoms with E-state index in [1.807, 2.05) is 0 Å². The third kappa shape index (κ3) is 2.28. The lowest BCUT2D eigenvalue weighted by atomic mass is 9.84. The number of hydrogen-bond acceptors (Lipinski definition) is 3. The Balaban J connectivity index is 1.65. The highest BCUT2D eigenvalue weighted by molar-refractivity contribution is 5.72. The first-order valence-electron chi connectivity index (χ1n) is 7.32. The van der Waals surface area contributed by atoms with E-state index in [0.717, 1.165) is 45.3 Å². The van der Waals surface area contributed by atoms with Gasteiger partial charge in [0.2, 0.25) is 0 Å². The van der Waals surface area contributed by atoms with Crippen LogP contribution in [0.4, 0.5) is 0 Å². The maximum atomic E-state index is 11.4. The summed E-state index contributed by atoms with van der Waals surface area (Å²) in [7, 11) is 0. The van der Waals surface area contributed by atoms with Gasteiger partial charge in [-0.2, -0.15) is 0 Å². The lowest BCUT2D eigenvalue weighted by molar-refractivity contribution is -0.144. The molecule has 1 saturated heterocycles. The third-order valence-corrected chi connectivity index (χ3v) is 5.08. The van der Waals surface area contributed by atoms with E-state index in [2.05, 4.69) is 5.32 Å². The summed E-state index contributed by atoms with van der Waals surface area (Å²) in [6.07, 6.45) is 6.71. The topological polar surface area (TPSA) is 58.6 Å². The zero-order chi connectivity index (χ0) is 12.5. The van der Waals surface area contributed by atoms with Crippen molar-refractivity contribution in [2.75, 3.05) is 13.2 Å². The molecule has 0 aromatic heterocycles. The van der Waals surface area contributed by atoms with Crippen LogP contribution in [0.3, 0.4) is 0 Å². The van der Waals surface area contributed by atoms with Crippen molar-refractivity contribution in [3.63, 3.8) is 0 Å². The Morgan fingerprint density at radius 3 is 2.78 bits per heavy atom. The summed E-state index contributed by atoms with van der Waals surface area (Å²) >= 11 is 0. The number of fused-ring (bicyclic) bond motifs is 2. The lowest BCUT2D eigenvalue weighted by Crippen LogP contribution is -2.48. The monoisotopic (exact) mass is 253 g/mol. The zero-order valence-corrected chi connectivity index (χ0v) is 10.8. The summed E-state index contributed by atoms with van der Waals surface area (Å²) in [5.74, 6) is 0.282. The molecule has 1 heterocycles. The fourth-order valence-corrected chi connectivity index (χ4v) is 4.23. The maximum Gasteiger partial charge on any atom is 0.308 e. The van der Waals surface area contributed by atoms with Gasteiger partial charge >= 0.3 is 5.97 Å². The minimum Gasteiger partial charge on any atom is -0.481 e. The van der Waals surface area contributed by atoms with E-state index < -0.39 is 5.97 Å². The van der Waals surface area contributed by atoms with Gasteiger partial charge in [-0.1, -0.05) is 0 Å². The molecule has 2 N–H and O–H groups in total. The molecule has 2 aliphatic carbocycles. The first-order chi connectivity index (χ1) is 8.75. The van der Waals surface area contributed by atoms with Crippen LogP contribution in [0.2, 0.25) is 0 Å². The molecule has 102 valence electrons. The van der Waals surface area contributed by atoms with Gasteiger partial charge in [0.05, 0.1) is 5.92 Å². The second kappa shape index (κ2) is 5.17. The molecular weight excluding hydrogens is 230 g/mol. The highest BCUT2D eigenvalue weighted by Crippen LogP contribution is 2.48. The Labute approximate surface area is 108 Å². The Hall–Kier alpha value is -0.610. The number of carbonyl (C=O) groups is 1. The predicted octanol–water partition coefficient (Wildman–Crippen LogP) is 1.64. The van der Waals surface area contributed by atoms with Gasteiger partial charge in [0.25, 0.3) is 0 Å². The lowest BCUT2D eigenvalue weighted by Gasteiger charge is -2.32. The summed E-state index contributed by atoms with van der Waals surface area (Å²) in [6, 6.07) is 0.669. The van der Waals surface area contributed by atoms with Crippen LogP contribution in [0.1, 0.15) is 38.5 Å². The summed E-state index contributed by atoms with van der Waals surface area (Å²) in [5, 5.41) is 13.1. The van der Waals surface area contributed by atoms with Crippen LogP contribution in [0.25, 0.3) is 0 Å². The van der Waals surface area contributed by atoms with Crippen molar-refractivity contribution in [3.8, 4) is 0 Å². The minimum atomic E-state index is -0.593. The second-order valence-corrected chi connectivity index (χ2v) is 6.13. The number of carboxylic acids is 1. The molecule has 0 aromatic rings. The van der Waals surface area contributed by atoms with E-state index in [1.54, 1.807) is 0 Å². The molecule has 18 heavy (non-hydrogen) atoms. The van der Waals surface area contributed by atoms with E-state index >= 15 is 0 Å². The minimum absolute atomic E-state index is 0.145. The largest absolute Gasteiger partial charge is 0.481 e. The third-order valence-electron chi connectivity index (χ3n) is 5.08. The zero-order valence-electron chi connectivity index (χ0n) is 10.8. The molecule has 0 aromatic carbocycles. The van der Waals surface area contributed by atoms with E-state index in [-0.39, 0.29) is 12.0 Å². The number of hydrogen-bond donors (Lipinski definition) is 2. The molecule has 2 bridgehead atoms. The van der Waals surface area contributed by atoms with Gasteiger partial charge in [-0.05, 0) is 50.4 Å². The van der Waals surface area contributed by atoms with Crippen LogP contribution in [0.5, 0.6) is 0 Å². The smallest absolute Gasteiger partial charge is 0.308 e. The quantitative estimate of drug-likeness (QED) is 0.803. The van der Waals surface area contributed by atoms with Crippen LogP contribution in [-0.2, 0) is 9.53 Å². The van der Waals surface area contributed by atoms with E-state index in [4.69, 9.17) is 4.74 Å². The summed E-state index contributed by atoms with van der Waals surface area (Å²) < 4.78 is 5.47. The first kappa shape index (κ1) is 12.4.